The van der Waals surface area contributed by atoms with E-state index in [0.29, 0.717) is 22.3 Å². The predicted octanol–water partition coefficient (Wildman–Crippen LogP) is 2.27. The predicted molar refractivity (Wildman–Crippen MR) is 83.2 cm³/mol. The Hall–Kier alpha value is -2.15. The first-order valence-electron chi connectivity index (χ1n) is 6.71. The number of carbonyl (C=O) groups excluding carboxylic acids is 1. The van der Waals surface area contributed by atoms with Crippen LogP contribution >= 0.6 is 11.6 Å². The second-order valence-corrected chi connectivity index (χ2v) is 6.24. The molecule has 8 heteroatoms. The van der Waals surface area contributed by atoms with Gasteiger partial charge in [-0.3, -0.25) is 4.79 Å². The van der Waals surface area contributed by atoms with E-state index in [4.69, 9.17) is 16.3 Å². The summed E-state index contributed by atoms with van der Waals surface area (Å²) in [6, 6.07) is 5.01. The average Bonchev–Trinajstić information content (AvgIpc) is 2.87. The zero-order chi connectivity index (χ0) is 16.3. The van der Waals surface area contributed by atoms with Crippen molar-refractivity contribution in [3.63, 3.8) is 0 Å². The largest absolute Gasteiger partial charge is 0.495 e. The van der Waals surface area contributed by atoms with Crippen LogP contribution < -0.4 is 10.1 Å². The second-order valence-electron chi connectivity index (χ2n) is 5.80. The van der Waals surface area contributed by atoms with Gasteiger partial charge in [0.25, 0.3) is 0 Å². The van der Waals surface area contributed by atoms with Crippen molar-refractivity contribution in [2.45, 2.75) is 32.7 Å². The third-order valence-corrected chi connectivity index (χ3v) is 3.17. The average molecular weight is 324 g/mol. The summed E-state index contributed by atoms with van der Waals surface area (Å²) < 4.78 is 6.67. The Labute approximate surface area is 133 Å². The summed E-state index contributed by atoms with van der Waals surface area (Å²) in [5, 5.41) is 14.7. The zero-order valence-electron chi connectivity index (χ0n) is 12.9. The van der Waals surface area contributed by atoms with E-state index in [2.05, 4.69) is 20.8 Å². The lowest BCUT2D eigenvalue weighted by atomic mass is 9.96. The number of halogens is 1. The van der Waals surface area contributed by atoms with E-state index in [-0.39, 0.29) is 17.9 Å². The highest BCUT2D eigenvalue weighted by Gasteiger charge is 2.23. The van der Waals surface area contributed by atoms with Gasteiger partial charge in [0, 0.05) is 10.4 Å². The van der Waals surface area contributed by atoms with Crippen LogP contribution in [0.1, 0.15) is 26.6 Å². The van der Waals surface area contributed by atoms with Gasteiger partial charge in [0.15, 0.2) is 5.82 Å². The molecule has 2 aromatic rings. The highest BCUT2D eigenvalue weighted by Crippen LogP contribution is 2.27. The topological polar surface area (TPSA) is 81.9 Å². The first kappa shape index (κ1) is 16.2. The fraction of sp³-hybridized carbons (Fsp3) is 0.429. The van der Waals surface area contributed by atoms with Crippen molar-refractivity contribution in [1.82, 2.24) is 20.2 Å². The molecule has 1 N–H and O–H groups in total. The third kappa shape index (κ3) is 3.73. The van der Waals surface area contributed by atoms with Crippen LogP contribution in [-0.4, -0.2) is 33.2 Å². The Morgan fingerprint density at radius 3 is 2.77 bits per heavy atom. The van der Waals surface area contributed by atoms with Crippen LogP contribution in [0.5, 0.6) is 5.75 Å². The molecule has 1 aromatic heterocycles. The summed E-state index contributed by atoms with van der Waals surface area (Å²) in [7, 11) is 1.53. The minimum absolute atomic E-state index is 0.00920. The number of nitrogens with zero attached hydrogens (tertiary/aromatic N) is 4. The van der Waals surface area contributed by atoms with Crippen LogP contribution in [-0.2, 0) is 16.8 Å². The molecule has 1 heterocycles. The molecule has 0 bridgehead atoms. The number of hydrogen-bond donors (Lipinski definition) is 1. The summed E-state index contributed by atoms with van der Waals surface area (Å²) in [6.07, 6.45) is 0. The maximum absolute atomic E-state index is 12.2. The van der Waals surface area contributed by atoms with Gasteiger partial charge in [0.1, 0.15) is 12.3 Å². The molecular formula is C14H18ClN5O2. The summed E-state index contributed by atoms with van der Waals surface area (Å²) in [6.45, 7) is 5.95. The van der Waals surface area contributed by atoms with Gasteiger partial charge in [-0.25, -0.2) is 4.68 Å². The molecule has 0 aliphatic rings. The van der Waals surface area contributed by atoms with Crippen LogP contribution in [0.4, 0.5) is 5.69 Å². The number of benzene rings is 1. The monoisotopic (exact) mass is 323 g/mol. The number of anilines is 1. The molecule has 2 rings (SSSR count). The Morgan fingerprint density at radius 2 is 2.14 bits per heavy atom. The minimum Gasteiger partial charge on any atom is -0.495 e. The first-order valence-corrected chi connectivity index (χ1v) is 7.09. The SMILES string of the molecule is COc1ccc(Cl)cc1NC(=O)Cn1nnnc1C(C)(C)C. The smallest absolute Gasteiger partial charge is 0.246 e. The Bertz CT molecular complexity index is 678. The zero-order valence-corrected chi connectivity index (χ0v) is 13.7. The Kier molecular flexibility index (Phi) is 4.65. The number of nitrogens with one attached hydrogen (secondary N) is 1. The van der Waals surface area contributed by atoms with Crippen LogP contribution in [0, 0.1) is 0 Å². The molecule has 0 fully saturated rings. The molecule has 0 unspecified atom stereocenters. The van der Waals surface area contributed by atoms with Gasteiger partial charge < -0.3 is 10.1 Å². The molecule has 0 atom stereocenters. The quantitative estimate of drug-likeness (QED) is 0.933. The van der Waals surface area contributed by atoms with Crippen LogP contribution in [0.3, 0.4) is 0 Å². The summed E-state index contributed by atoms with van der Waals surface area (Å²) >= 11 is 5.94. The Morgan fingerprint density at radius 1 is 1.41 bits per heavy atom. The molecule has 118 valence electrons. The number of tetrazole rings is 1. The molecule has 0 spiro atoms. The van der Waals surface area contributed by atoms with Crippen molar-refractivity contribution < 1.29 is 9.53 Å². The molecule has 0 aliphatic carbocycles. The molecule has 0 saturated heterocycles. The third-order valence-electron chi connectivity index (χ3n) is 2.93. The van der Waals surface area contributed by atoms with E-state index >= 15 is 0 Å². The highest BCUT2D eigenvalue weighted by molar-refractivity contribution is 6.31. The molecular weight excluding hydrogens is 306 g/mol. The first-order chi connectivity index (χ1) is 10.3. The Balaban J connectivity index is 2.15. The molecule has 7 nitrogen and oxygen atoms in total. The van der Waals surface area contributed by atoms with Gasteiger partial charge in [-0.15, -0.1) is 5.10 Å². The number of methoxy groups -OCH3 is 1. The van der Waals surface area contributed by atoms with Gasteiger partial charge in [-0.05, 0) is 28.6 Å². The lowest BCUT2D eigenvalue weighted by molar-refractivity contribution is -0.117. The summed E-state index contributed by atoms with van der Waals surface area (Å²) in [5.74, 6) is 0.907. The standard InChI is InChI=1S/C14H18ClN5O2/c1-14(2,3)13-17-18-19-20(13)8-12(21)16-10-7-9(15)5-6-11(10)22-4/h5-7H,8H2,1-4H3,(H,16,21). The summed E-state index contributed by atoms with van der Waals surface area (Å²) in [5.41, 5.74) is 0.253. The van der Waals surface area contributed by atoms with E-state index in [1.54, 1.807) is 18.2 Å². The van der Waals surface area contributed by atoms with E-state index in [1.807, 2.05) is 20.8 Å². The van der Waals surface area contributed by atoms with Crippen LogP contribution in [0.25, 0.3) is 0 Å². The van der Waals surface area contributed by atoms with Gasteiger partial charge >= 0.3 is 0 Å². The van der Waals surface area contributed by atoms with Crippen molar-refractivity contribution >= 4 is 23.2 Å². The molecule has 0 saturated carbocycles. The maximum Gasteiger partial charge on any atom is 0.246 e. The maximum atomic E-state index is 12.2. The molecule has 0 aliphatic heterocycles. The fourth-order valence-corrected chi connectivity index (χ4v) is 2.12. The normalized spacial score (nSPS) is 11.3. The van der Waals surface area contributed by atoms with Crippen molar-refractivity contribution in [3.05, 3.63) is 29.0 Å². The number of ether oxygens (including phenoxy) is 1. The van der Waals surface area contributed by atoms with Crippen LogP contribution in [0.15, 0.2) is 18.2 Å². The minimum atomic E-state index is -0.265. The number of carbonyl (C=O) groups is 1. The molecule has 1 amide bonds. The van der Waals surface area contributed by atoms with Gasteiger partial charge in [-0.2, -0.15) is 0 Å². The van der Waals surface area contributed by atoms with Gasteiger partial charge in [-0.1, -0.05) is 32.4 Å². The lowest BCUT2D eigenvalue weighted by Gasteiger charge is -2.17. The molecule has 22 heavy (non-hydrogen) atoms. The van der Waals surface area contributed by atoms with Crippen molar-refractivity contribution in [1.29, 1.82) is 0 Å². The number of aromatic nitrogens is 4. The van der Waals surface area contributed by atoms with Crippen molar-refractivity contribution in [3.8, 4) is 5.75 Å². The summed E-state index contributed by atoms with van der Waals surface area (Å²) in [4.78, 5) is 12.2. The lowest BCUT2D eigenvalue weighted by Crippen LogP contribution is -2.26. The van der Waals surface area contributed by atoms with E-state index in [0.717, 1.165) is 0 Å². The number of rotatable bonds is 4. The van der Waals surface area contributed by atoms with E-state index in [9.17, 15) is 4.79 Å². The fourth-order valence-electron chi connectivity index (χ4n) is 1.95. The number of hydrogen-bond acceptors (Lipinski definition) is 5. The highest BCUT2D eigenvalue weighted by atomic mass is 35.5. The molecule has 1 aromatic carbocycles. The van der Waals surface area contributed by atoms with Crippen molar-refractivity contribution in [2.75, 3.05) is 12.4 Å². The van der Waals surface area contributed by atoms with Crippen molar-refractivity contribution in [2.24, 2.45) is 0 Å². The van der Waals surface area contributed by atoms with Gasteiger partial charge in [0.2, 0.25) is 5.91 Å². The second kappa shape index (κ2) is 6.31. The number of amides is 1. The van der Waals surface area contributed by atoms with Gasteiger partial charge in [0.05, 0.1) is 12.8 Å². The van der Waals surface area contributed by atoms with E-state index < -0.39 is 0 Å². The van der Waals surface area contributed by atoms with E-state index in [1.165, 1.54) is 11.8 Å². The van der Waals surface area contributed by atoms with Crippen LogP contribution in [0.2, 0.25) is 5.02 Å². The molecule has 0 radical (unpaired) electrons.